The van der Waals surface area contributed by atoms with E-state index in [1.165, 1.54) is 10.8 Å². The highest BCUT2D eigenvalue weighted by molar-refractivity contribution is 14.1. The van der Waals surface area contributed by atoms with Crippen LogP contribution >= 0.6 is 22.6 Å². The molecular weight excluding hydrogens is 387 g/mol. The van der Waals surface area contributed by atoms with Gasteiger partial charge in [-0.05, 0) is 43.0 Å². The average Bonchev–Trinajstić information content (AvgIpc) is 2.77. The van der Waals surface area contributed by atoms with Gasteiger partial charge in [-0.2, -0.15) is 0 Å². The van der Waals surface area contributed by atoms with Crippen molar-refractivity contribution < 1.29 is 9.90 Å². The van der Waals surface area contributed by atoms with Gasteiger partial charge in [-0.3, -0.25) is 4.79 Å². The Bertz CT molecular complexity index is 398. The summed E-state index contributed by atoms with van der Waals surface area (Å²) >= 11 is 2.38. The van der Waals surface area contributed by atoms with Crippen molar-refractivity contribution in [3.8, 4) is 0 Å². The summed E-state index contributed by atoms with van der Waals surface area (Å²) in [6.45, 7) is 2.13. The number of hydrogen-bond donors (Lipinski definition) is 1. The fourth-order valence-electron chi connectivity index (χ4n) is 2.81. The molecule has 1 rings (SSSR count). The molecule has 1 aliphatic rings. The second-order valence-electron chi connectivity index (χ2n) is 5.85. The van der Waals surface area contributed by atoms with E-state index in [9.17, 15) is 9.90 Å². The number of aliphatic hydroxyl groups is 1. The zero-order chi connectivity index (χ0) is 16.2. The Kier molecular flexibility index (Phi) is 10.8. The van der Waals surface area contributed by atoms with Gasteiger partial charge in [-0.25, -0.2) is 0 Å². The summed E-state index contributed by atoms with van der Waals surface area (Å²) < 4.78 is 1.17. The van der Waals surface area contributed by atoms with Gasteiger partial charge in [0, 0.05) is 18.3 Å². The van der Waals surface area contributed by atoms with Crippen LogP contribution in [0.1, 0.15) is 51.9 Å². The van der Waals surface area contributed by atoms with Crippen molar-refractivity contribution in [2.75, 3.05) is 4.43 Å². The predicted molar refractivity (Wildman–Crippen MR) is 102 cm³/mol. The highest BCUT2D eigenvalue weighted by Gasteiger charge is 2.38. The summed E-state index contributed by atoms with van der Waals surface area (Å²) in [7, 11) is 0. The van der Waals surface area contributed by atoms with Gasteiger partial charge < -0.3 is 5.11 Å². The van der Waals surface area contributed by atoms with Crippen molar-refractivity contribution in [3.63, 3.8) is 0 Å². The van der Waals surface area contributed by atoms with Gasteiger partial charge in [-0.1, -0.05) is 66.0 Å². The molecule has 2 nitrogen and oxygen atoms in total. The van der Waals surface area contributed by atoms with Gasteiger partial charge in [-0.15, -0.1) is 0 Å². The smallest absolute Gasteiger partial charge is 0.139 e. The number of aliphatic hydroxyl groups excluding tert-OH is 1. The van der Waals surface area contributed by atoms with E-state index in [1.807, 2.05) is 0 Å². The van der Waals surface area contributed by atoms with E-state index >= 15 is 0 Å². The fourth-order valence-corrected chi connectivity index (χ4v) is 3.25. The monoisotopic (exact) mass is 416 g/mol. The first-order chi connectivity index (χ1) is 10.7. The quantitative estimate of drug-likeness (QED) is 0.235. The number of unbranched alkanes of at least 4 members (excludes halogenated alkanes) is 2. The minimum absolute atomic E-state index is 0.00289. The van der Waals surface area contributed by atoms with Crippen molar-refractivity contribution in [1.82, 2.24) is 0 Å². The average molecular weight is 416 g/mol. The summed E-state index contributed by atoms with van der Waals surface area (Å²) in [5, 5.41) is 10.1. The highest BCUT2D eigenvalue weighted by Crippen LogP contribution is 2.33. The SMILES string of the molecule is CC/C=C\CC/C=C/[C@H]1[C@H](O)CC(=O)[C@@H]1C/C=C\CCCI. The second kappa shape index (κ2) is 12.1. The number of rotatable bonds is 10. The maximum atomic E-state index is 12.0. The largest absolute Gasteiger partial charge is 0.392 e. The van der Waals surface area contributed by atoms with Crippen molar-refractivity contribution in [2.24, 2.45) is 11.8 Å². The Hall–Kier alpha value is -0.420. The lowest BCUT2D eigenvalue weighted by molar-refractivity contribution is -0.121. The van der Waals surface area contributed by atoms with E-state index in [1.54, 1.807) is 0 Å². The third-order valence-corrected chi connectivity index (χ3v) is 4.82. The zero-order valence-electron chi connectivity index (χ0n) is 13.6. The van der Waals surface area contributed by atoms with E-state index in [2.05, 4.69) is 66.0 Å². The lowest BCUT2D eigenvalue weighted by Crippen LogP contribution is -2.17. The third kappa shape index (κ3) is 7.23. The summed E-state index contributed by atoms with van der Waals surface area (Å²) in [6.07, 6.45) is 18.8. The molecule has 0 heterocycles. The molecule has 0 aromatic rings. The van der Waals surface area contributed by atoms with Gasteiger partial charge in [0.1, 0.15) is 5.78 Å². The van der Waals surface area contributed by atoms with E-state index in [0.717, 1.165) is 32.1 Å². The summed E-state index contributed by atoms with van der Waals surface area (Å²) in [5.41, 5.74) is 0. The molecule has 0 saturated heterocycles. The second-order valence-corrected chi connectivity index (χ2v) is 6.92. The molecule has 0 unspecified atom stereocenters. The van der Waals surface area contributed by atoms with Gasteiger partial charge in [0.2, 0.25) is 0 Å². The normalized spacial score (nSPS) is 26.1. The first-order valence-electron chi connectivity index (χ1n) is 8.44. The Balaban J connectivity index is 2.46. The first-order valence-corrected chi connectivity index (χ1v) is 9.96. The molecule has 124 valence electrons. The maximum Gasteiger partial charge on any atom is 0.139 e. The Morgan fingerprint density at radius 1 is 1.14 bits per heavy atom. The van der Waals surface area contributed by atoms with Crippen LogP contribution in [0.15, 0.2) is 36.5 Å². The Morgan fingerprint density at radius 3 is 2.59 bits per heavy atom. The predicted octanol–water partition coefficient (Wildman–Crippen LogP) is 5.02. The molecule has 1 N–H and O–H groups in total. The standard InChI is InChI=1S/C19H29IO2/c1-2-3-4-5-6-9-12-16-17(19(22)15-18(16)21)13-10-7-8-11-14-20/h3-4,7,9-10,12,16-18,21H,2,5-6,8,11,13-15H2,1H3/b4-3-,10-7-,12-9+/t16-,17-,18-/m1/s1. The third-order valence-electron chi connectivity index (χ3n) is 4.05. The lowest BCUT2D eigenvalue weighted by Gasteiger charge is -2.15. The van der Waals surface area contributed by atoms with Crippen molar-refractivity contribution in [1.29, 1.82) is 0 Å². The summed E-state index contributed by atoms with van der Waals surface area (Å²) in [6, 6.07) is 0. The van der Waals surface area contributed by atoms with Crippen LogP contribution in [-0.4, -0.2) is 21.4 Å². The van der Waals surface area contributed by atoms with Crippen LogP contribution in [0.5, 0.6) is 0 Å². The molecule has 3 heteroatoms. The van der Waals surface area contributed by atoms with Crippen LogP contribution in [0, 0.1) is 11.8 Å². The first kappa shape index (κ1) is 19.6. The van der Waals surface area contributed by atoms with Crippen molar-refractivity contribution in [2.45, 2.75) is 58.0 Å². The van der Waals surface area contributed by atoms with Crippen molar-refractivity contribution >= 4 is 28.4 Å². The molecule has 3 atom stereocenters. The molecule has 0 spiro atoms. The lowest BCUT2D eigenvalue weighted by atomic mass is 9.90. The maximum absolute atomic E-state index is 12.0. The number of carbonyl (C=O) groups excluding carboxylic acids is 1. The molecule has 22 heavy (non-hydrogen) atoms. The van der Waals surface area contributed by atoms with E-state index < -0.39 is 6.10 Å². The molecule has 0 radical (unpaired) electrons. The number of carbonyl (C=O) groups is 1. The molecular formula is C19H29IO2. The Morgan fingerprint density at radius 2 is 1.86 bits per heavy atom. The van der Waals surface area contributed by atoms with Gasteiger partial charge in [0.05, 0.1) is 6.10 Å². The van der Waals surface area contributed by atoms with Crippen LogP contribution in [0.3, 0.4) is 0 Å². The molecule has 0 amide bonds. The molecule has 1 saturated carbocycles. The van der Waals surface area contributed by atoms with Gasteiger partial charge >= 0.3 is 0 Å². The summed E-state index contributed by atoms with van der Waals surface area (Å²) in [5.74, 6) is 0.178. The molecule has 0 aromatic carbocycles. The fraction of sp³-hybridized carbons (Fsp3) is 0.632. The number of ketones is 1. The number of hydrogen-bond acceptors (Lipinski definition) is 2. The number of halogens is 1. The summed E-state index contributed by atoms with van der Waals surface area (Å²) in [4.78, 5) is 12.0. The van der Waals surface area contributed by atoms with Crippen LogP contribution < -0.4 is 0 Å². The molecule has 0 bridgehead atoms. The minimum atomic E-state index is -0.498. The number of alkyl halides is 1. The van der Waals surface area contributed by atoms with Crippen LogP contribution in [-0.2, 0) is 4.79 Å². The van der Waals surface area contributed by atoms with E-state index in [4.69, 9.17) is 0 Å². The van der Waals surface area contributed by atoms with Crippen LogP contribution in [0.25, 0.3) is 0 Å². The highest BCUT2D eigenvalue weighted by atomic mass is 127. The molecule has 0 aliphatic heterocycles. The minimum Gasteiger partial charge on any atom is -0.392 e. The molecule has 1 fully saturated rings. The number of Topliss-reactive ketones (excluding diaryl/α,β-unsaturated/α-hetero) is 1. The van der Waals surface area contributed by atoms with E-state index in [0.29, 0.717) is 6.42 Å². The van der Waals surface area contributed by atoms with Crippen molar-refractivity contribution in [3.05, 3.63) is 36.5 Å². The Labute approximate surface area is 148 Å². The van der Waals surface area contributed by atoms with Crippen LogP contribution in [0.2, 0.25) is 0 Å². The molecule has 1 aliphatic carbocycles. The van der Waals surface area contributed by atoms with Crippen LogP contribution in [0.4, 0.5) is 0 Å². The molecule has 0 aromatic heterocycles. The topological polar surface area (TPSA) is 37.3 Å². The zero-order valence-corrected chi connectivity index (χ0v) is 15.7. The van der Waals surface area contributed by atoms with Gasteiger partial charge in [0.25, 0.3) is 0 Å². The van der Waals surface area contributed by atoms with Gasteiger partial charge in [0.15, 0.2) is 0 Å². The van der Waals surface area contributed by atoms with E-state index in [-0.39, 0.29) is 17.6 Å². The number of allylic oxidation sites excluding steroid dienone is 5.